The highest BCUT2D eigenvalue weighted by atomic mass is 19.4. The van der Waals surface area contributed by atoms with Crippen molar-refractivity contribution in [3.05, 3.63) is 64.7 Å². The molecule has 2 rings (SSSR count). The molecule has 0 aliphatic carbocycles. The molecule has 2 aromatic carbocycles. The van der Waals surface area contributed by atoms with Crippen LogP contribution in [0.2, 0.25) is 0 Å². The van der Waals surface area contributed by atoms with Crippen LogP contribution in [0.1, 0.15) is 28.4 Å². The average molecular weight is 296 g/mol. The van der Waals surface area contributed by atoms with Crippen LogP contribution in [0, 0.1) is 6.92 Å². The van der Waals surface area contributed by atoms with Crippen LogP contribution in [0.25, 0.3) is 0 Å². The third kappa shape index (κ3) is 3.36. The van der Waals surface area contributed by atoms with E-state index >= 15 is 0 Å². The number of halogens is 3. The summed E-state index contributed by atoms with van der Waals surface area (Å²) in [6, 6.07) is 9.74. The largest absolute Gasteiger partial charge is 0.496 e. The Balaban J connectivity index is 2.34. The predicted octanol–water partition coefficient (Wildman–Crippen LogP) is 4.10. The van der Waals surface area contributed by atoms with Crippen LogP contribution in [0.5, 0.6) is 5.75 Å². The molecule has 112 valence electrons. The lowest BCUT2D eigenvalue weighted by atomic mass is 9.98. The first kappa shape index (κ1) is 15.4. The van der Waals surface area contributed by atoms with E-state index in [4.69, 9.17) is 4.74 Å². The van der Waals surface area contributed by atoms with Crippen molar-refractivity contribution in [2.24, 2.45) is 0 Å². The summed E-state index contributed by atoms with van der Waals surface area (Å²) >= 11 is 0. The lowest BCUT2D eigenvalue weighted by Gasteiger charge is -2.16. The molecular weight excluding hydrogens is 281 g/mol. The van der Waals surface area contributed by atoms with Gasteiger partial charge in [-0.2, -0.15) is 13.2 Å². The maximum Gasteiger partial charge on any atom is 0.416 e. The number of aliphatic hydroxyl groups is 1. The molecule has 0 saturated carbocycles. The zero-order chi connectivity index (χ0) is 15.6. The predicted molar refractivity (Wildman–Crippen MR) is 73.2 cm³/mol. The van der Waals surface area contributed by atoms with Crippen molar-refractivity contribution in [2.75, 3.05) is 7.11 Å². The van der Waals surface area contributed by atoms with Crippen LogP contribution in [0.4, 0.5) is 13.2 Å². The van der Waals surface area contributed by atoms with Gasteiger partial charge in [-0.1, -0.05) is 24.3 Å². The highest BCUT2D eigenvalue weighted by Crippen LogP contribution is 2.33. The van der Waals surface area contributed by atoms with Crippen LogP contribution in [0.15, 0.2) is 42.5 Å². The van der Waals surface area contributed by atoms with Gasteiger partial charge in [0.15, 0.2) is 0 Å². The molecule has 0 aliphatic heterocycles. The van der Waals surface area contributed by atoms with E-state index in [9.17, 15) is 18.3 Å². The number of aliphatic hydroxyl groups excluding tert-OH is 1. The summed E-state index contributed by atoms with van der Waals surface area (Å²) < 4.78 is 42.8. The third-order valence-electron chi connectivity index (χ3n) is 3.24. The van der Waals surface area contributed by atoms with E-state index < -0.39 is 17.8 Å². The number of ether oxygens (including phenoxy) is 1. The number of benzene rings is 2. The van der Waals surface area contributed by atoms with Crippen molar-refractivity contribution < 1.29 is 23.0 Å². The minimum Gasteiger partial charge on any atom is -0.496 e. The molecule has 5 heteroatoms. The topological polar surface area (TPSA) is 29.5 Å². The second-order valence-corrected chi connectivity index (χ2v) is 4.77. The number of alkyl halides is 3. The molecule has 1 unspecified atom stereocenters. The zero-order valence-corrected chi connectivity index (χ0v) is 11.6. The van der Waals surface area contributed by atoms with Gasteiger partial charge >= 0.3 is 6.18 Å². The molecule has 0 radical (unpaired) electrons. The first-order chi connectivity index (χ1) is 9.82. The number of aryl methyl sites for hydroxylation is 1. The van der Waals surface area contributed by atoms with Gasteiger partial charge in [-0.15, -0.1) is 0 Å². The Morgan fingerprint density at radius 3 is 2.19 bits per heavy atom. The zero-order valence-electron chi connectivity index (χ0n) is 11.6. The number of methoxy groups -OCH3 is 1. The number of hydrogen-bond donors (Lipinski definition) is 1. The molecule has 0 bridgehead atoms. The van der Waals surface area contributed by atoms with E-state index in [-0.39, 0.29) is 0 Å². The van der Waals surface area contributed by atoms with E-state index in [1.165, 1.54) is 19.2 Å². The summed E-state index contributed by atoms with van der Waals surface area (Å²) in [7, 11) is 1.48. The molecular formula is C16H15F3O2. The summed E-state index contributed by atoms with van der Waals surface area (Å²) in [6.45, 7) is 1.89. The summed E-state index contributed by atoms with van der Waals surface area (Å²) in [4.78, 5) is 0. The van der Waals surface area contributed by atoms with E-state index in [1.54, 1.807) is 12.1 Å². The van der Waals surface area contributed by atoms with Crippen LogP contribution < -0.4 is 4.74 Å². The van der Waals surface area contributed by atoms with Crippen molar-refractivity contribution in [2.45, 2.75) is 19.2 Å². The number of hydrogen-bond acceptors (Lipinski definition) is 2. The molecule has 0 spiro atoms. The first-order valence-electron chi connectivity index (χ1n) is 6.32. The molecule has 0 amide bonds. The Kier molecular flexibility index (Phi) is 4.23. The van der Waals surface area contributed by atoms with Crippen LogP contribution >= 0.6 is 0 Å². The van der Waals surface area contributed by atoms with E-state index in [2.05, 4.69) is 0 Å². The minimum atomic E-state index is -4.38. The summed E-state index contributed by atoms with van der Waals surface area (Å²) in [5.74, 6) is 0.502. The second kappa shape index (κ2) is 5.77. The van der Waals surface area contributed by atoms with Gasteiger partial charge in [0.2, 0.25) is 0 Å². The molecule has 21 heavy (non-hydrogen) atoms. The quantitative estimate of drug-likeness (QED) is 0.924. The van der Waals surface area contributed by atoms with Gasteiger partial charge in [0, 0.05) is 5.56 Å². The van der Waals surface area contributed by atoms with Crippen molar-refractivity contribution in [3.63, 3.8) is 0 Å². The van der Waals surface area contributed by atoms with Crippen molar-refractivity contribution >= 4 is 0 Å². The third-order valence-corrected chi connectivity index (χ3v) is 3.24. The van der Waals surface area contributed by atoms with Gasteiger partial charge in [-0.05, 0) is 36.2 Å². The van der Waals surface area contributed by atoms with E-state index in [1.807, 2.05) is 13.0 Å². The highest BCUT2D eigenvalue weighted by Gasteiger charge is 2.30. The lowest BCUT2D eigenvalue weighted by Crippen LogP contribution is -2.06. The molecule has 0 saturated heterocycles. The molecule has 1 atom stereocenters. The Hall–Kier alpha value is -2.01. The van der Waals surface area contributed by atoms with Crippen LogP contribution in [-0.2, 0) is 6.18 Å². The molecule has 0 aliphatic rings. The second-order valence-electron chi connectivity index (χ2n) is 4.77. The van der Waals surface area contributed by atoms with Gasteiger partial charge in [0.25, 0.3) is 0 Å². The maximum atomic E-state index is 12.5. The molecule has 0 aromatic heterocycles. The highest BCUT2D eigenvalue weighted by molar-refractivity contribution is 5.43. The van der Waals surface area contributed by atoms with Crippen molar-refractivity contribution in [1.29, 1.82) is 0 Å². The van der Waals surface area contributed by atoms with Gasteiger partial charge in [-0.3, -0.25) is 0 Å². The smallest absolute Gasteiger partial charge is 0.416 e. The Morgan fingerprint density at radius 1 is 1.05 bits per heavy atom. The Bertz CT molecular complexity index is 618. The summed E-state index contributed by atoms with van der Waals surface area (Å²) in [5, 5.41) is 10.3. The molecule has 2 aromatic rings. The normalized spacial score (nSPS) is 13.0. The van der Waals surface area contributed by atoms with E-state index in [0.717, 1.165) is 17.7 Å². The van der Waals surface area contributed by atoms with Crippen LogP contribution in [0.3, 0.4) is 0 Å². The van der Waals surface area contributed by atoms with Crippen molar-refractivity contribution in [3.8, 4) is 5.75 Å². The Morgan fingerprint density at radius 2 is 1.67 bits per heavy atom. The average Bonchev–Trinajstić information content (AvgIpc) is 2.45. The minimum absolute atomic E-state index is 0.380. The fourth-order valence-electron chi connectivity index (χ4n) is 2.08. The lowest BCUT2D eigenvalue weighted by molar-refractivity contribution is -0.137. The van der Waals surface area contributed by atoms with Crippen LogP contribution in [-0.4, -0.2) is 12.2 Å². The van der Waals surface area contributed by atoms with Gasteiger partial charge in [0.1, 0.15) is 11.9 Å². The fraction of sp³-hybridized carbons (Fsp3) is 0.250. The first-order valence-corrected chi connectivity index (χ1v) is 6.32. The monoisotopic (exact) mass is 296 g/mol. The van der Waals surface area contributed by atoms with E-state index in [0.29, 0.717) is 16.9 Å². The molecule has 2 nitrogen and oxygen atoms in total. The van der Waals surface area contributed by atoms with Gasteiger partial charge in [-0.25, -0.2) is 0 Å². The SMILES string of the molecule is COc1cc(C)ccc1C(O)c1ccc(C(F)(F)F)cc1. The number of rotatable bonds is 3. The Labute approximate surface area is 120 Å². The van der Waals surface area contributed by atoms with Crippen molar-refractivity contribution in [1.82, 2.24) is 0 Å². The maximum absolute atomic E-state index is 12.5. The molecule has 0 heterocycles. The standard InChI is InChI=1S/C16H15F3O2/c1-10-3-8-13(14(9-10)21-2)15(20)11-4-6-12(7-5-11)16(17,18)19/h3-9,15,20H,1-2H3. The molecule has 1 N–H and O–H groups in total. The van der Waals surface area contributed by atoms with Gasteiger partial charge < -0.3 is 9.84 Å². The fourth-order valence-corrected chi connectivity index (χ4v) is 2.08. The summed E-state index contributed by atoms with van der Waals surface area (Å²) in [5.41, 5.74) is 1.12. The summed E-state index contributed by atoms with van der Waals surface area (Å²) in [6.07, 6.45) is -5.42. The molecule has 0 fully saturated rings. The van der Waals surface area contributed by atoms with Gasteiger partial charge in [0.05, 0.1) is 12.7 Å².